The minimum absolute atomic E-state index is 0.0731. The highest BCUT2D eigenvalue weighted by atomic mass is 16.1. The van der Waals surface area contributed by atoms with Gasteiger partial charge in [0.05, 0.1) is 11.3 Å². The molecule has 0 atom stereocenters. The third kappa shape index (κ3) is 2.16. The first kappa shape index (κ1) is 12.4. The molecule has 3 rings (SSSR count). The zero-order valence-electron chi connectivity index (χ0n) is 11.3. The zero-order chi connectivity index (χ0) is 13.9. The van der Waals surface area contributed by atoms with Gasteiger partial charge in [0.25, 0.3) is 0 Å². The third-order valence-electron chi connectivity index (χ3n) is 3.38. The van der Waals surface area contributed by atoms with Gasteiger partial charge in [-0.3, -0.25) is 4.79 Å². The molecule has 98 valence electrons. The molecule has 1 N–H and O–H groups in total. The van der Waals surface area contributed by atoms with Gasteiger partial charge in [-0.05, 0) is 18.1 Å². The molecule has 2 aromatic carbocycles. The van der Waals surface area contributed by atoms with Crippen LogP contribution in [0.4, 0.5) is 0 Å². The molecule has 0 saturated carbocycles. The first-order valence-corrected chi connectivity index (χ1v) is 6.60. The van der Waals surface area contributed by atoms with Crippen LogP contribution in [0.3, 0.4) is 0 Å². The van der Waals surface area contributed by atoms with Gasteiger partial charge < -0.3 is 4.98 Å². The molecular formula is C18H15NO. The number of hydrogen-bond donors (Lipinski definition) is 1. The predicted molar refractivity (Wildman–Crippen MR) is 81.7 cm³/mol. The maximum absolute atomic E-state index is 12.1. The normalized spacial score (nSPS) is 10.4. The van der Waals surface area contributed by atoms with Crippen LogP contribution in [0.5, 0.6) is 0 Å². The molecule has 0 radical (unpaired) electrons. The first-order valence-electron chi connectivity index (χ1n) is 6.60. The van der Waals surface area contributed by atoms with Crippen LogP contribution in [0.2, 0.25) is 0 Å². The van der Waals surface area contributed by atoms with E-state index in [1.165, 1.54) is 0 Å². The summed E-state index contributed by atoms with van der Waals surface area (Å²) in [6.07, 6.45) is 1.91. The number of rotatable bonds is 3. The Labute approximate surface area is 118 Å². The molecule has 2 heteroatoms. The predicted octanol–water partition coefficient (Wildman–Crippen LogP) is 4.55. The van der Waals surface area contributed by atoms with Gasteiger partial charge in [0.1, 0.15) is 0 Å². The molecular weight excluding hydrogens is 246 g/mol. The topological polar surface area (TPSA) is 32.9 Å². The van der Waals surface area contributed by atoms with E-state index in [4.69, 9.17) is 0 Å². The van der Waals surface area contributed by atoms with Crippen molar-refractivity contribution < 1.29 is 4.79 Å². The molecule has 0 aliphatic carbocycles. The van der Waals surface area contributed by atoms with E-state index in [1.807, 2.05) is 66.9 Å². The maximum Gasteiger partial charge on any atom is 0.162 e. The SMILES string of the molecule is CC(=O)c1c(-c2ccccc2)c[nH]c1-c1ccccc1. The number of benzene rings is 2. The number of nitrogens with one attached hydrogen (secondary N) is 1. The minimum Gasteiger partial charge on any atom is -0.360 e. The first-order chi connectivity index (χ1) is 9.77. The van der Waals surface area contributed by atoms with Gasteiger partial charge >= 0.3 is 0 Å². The lowest BCUT2D eigenvalue weighted by molar-refractivity contribution is 0.101. The Morgan fingerprint density at radius 2 is 1.40 bits per heavy atom. The number of ketones is 1. The third-order valence-corrected chi connectivity index (χ3v) is 3.38. The molecule has 0 fully saturated rings. The Hall–Kier alpha value is -2.61. The van der Waals surface area contributed by atoms with E-state index in [2.05, 4.69) is 4.98 Å². The van der Waals surface area contributed by atoms with Crippen LogP contribution in [-0.2, 0) is 0 Å². The molecule has 0 unspecified atom stereocenters. The highest BCUT2D eigenvalue weighted by Crippen LogP contribution is 2.32. The fraction of sp³-hybridized carbons (Fsp3) is 0.0556. The summed E-state index contributed by atoms with van der Waals surface area (Å²) < 4.78 is 0. The van der Waals surface area contributed by atoms with Crippen molar-refractivity contribution in [1.82, 2.24) is 4.98 Å². The van der Waals surface area contributed by atoms with Crippen LogP contribution in [0.1, 0.15) is 17.3 Å². The largest absolute Gasteiger partial charge is 0.360 e. The van der Waals surface area contributed by atoms with Crippen molar-refractivity contribution >= 4 is 5.78 Å². The lowest BCUT2D eigenvalue weighted by atomic mass is 9.98. The molecule has 1 aromatic heterocycles. The molecule has 0 aliphatic heterocycles. The zero-order valence-corrected chi connectivity index (χ0v) is 11.3. The average Bonchev–Trinajstić information content (AvgIpc) is 2.94. The second kappa shape index (κ2) is 5.17. The van der Waals surface area contributed by atoms with E-state index in [9.17, 15) is 4.79 Å². The summed E-state index contributed by atoms with van der Waals surface area (Å²) in [6.45, 7) is 1.61. The monoisotopic (exact) mass is 261 g/mol. The lowest BCUT2D eigenvalue weighted by Gasteiger charge is -2.05. The van der Waals surface area contributed by atoms with Gasteiger partial charge in [0.2, 0.25) is 0 Å². The van der Waals surface area contributed by atoms with E-state index >= 15 is 0 Å². The maximum atomic E-state index is 12.1. The van der Waals surface area contributed by atoms with Crippen molar-refractivity contribution in [3.63, 3.8) is 0 Å². The number of aromatic amines is 1. The molecule has 1 heterocycles. The summed E-state index contributed by atoms with van der Waals surface area (Å²) in [4.78, 5) is 15.3. The number of carbonyl (C=O) groups excluding carboxylic acids is 1. The lowest BCUT2D eigenvalue weighted by Crippen LogP contribution is -1.95. The Balaban J connectivity index is 2.20. The van der Waals surface area contributed by atoms with Crippen LogP contribution in [-0.4, -0.2) is 10.8 Å². The minimum atomic E-state index is 0.0731. The van der Waals surface area contributed by atoms with Crippen molar-refractivity contribution in [3.8, 4) is 22.4 Å². The van der Waals surface area contributed by atoms with Gasteiger partial charge in [0, 0.05) is 11.8 Å². The smallest absolute Gasteiger partial charge is 0.162 e. The fourth-order valence-electron chi connectivity index (χ4n) is 2.47. The van der Waals surface area contributed by atoms with Crippen LogP contribution in [0.25, 0.3) is 22.4 Å². The molecule has 20 heavy (non-hydrogen) atoms. The van der Waals surface area contributed by atoms with E-state index in [0.717, 1.165) is 27.9 Å². The quantitative estimate of drug-likeness (QED) is 0.689. The summed E-state index contributed by atoms with van der Waals surface area (Å²) in [6, 6.07) is 19.9. The summed E-state index contributed by atoms with van der Waals surface area (Å²) in [5, 5.41) is 0. The van der Waals surface area contributed by atoms with E-state index < -0.39 is 0 Å². The second-order valence-corrected chi connectivity index (χ2v) is 4.74. The molecule has 2 nitrogen and oxygen atoms in total. The summed E-state index contributed by atoms with van der Waals surface area (Å²) >= 11 is 0. The van der Waals surface area contributed by atoms with Crippen molar-refractivity contribution in [3.05, 3.63) is 72.4 Å². The van der Waals surface area contributed by atoms with Gasteiger partial charge in [-0.25, -0.2) is 0 Å². The molecule has 0 saturated heterocycles. The summed E-state index contributed by atoms with van der Waals surface area (Å²) in [5.41, 5.74) is 4.67. The Morgan fingerprint density at radius 1 is 0.850 bits per heavy atom. The molecule has 0 bridgehead atoms. The molecule has 3 aromatic rings. The average molecular weight is 261 g/mol. The second-order valence-electron chi connectivity index (χ2n) is 4.74. The number of carbonyl (C=O) groups is 1. The van der Waals surface area contributed by atoms with Crippen molar-refractivity contribution in [2.75, 3.05) is 0 Å². The van der Waals surface area contributed by atoms with Gasteiger partial charge in [0.15, 0.2) is 5.78 Å². The Bertz CT molecular complexity index is 670. The van der Waals surface area contributed by atoms with Crippen molar-refractivity contribution in [2.24, 2.45) is 0 Å². The molecule has 0 spiro atoms. The fourth-order valence-corrected chi connectivity index (χ4v) is 2.47. The van der Waals surface area contributed by atoms with Crippen molar-refractivity contribution in [2.45, 2.75) is 6.92 Å². The molecule has 0 amide bonds. The van der Waals surface area contributed by atoms with Gasteiger partial charge in [-0.2, -0.15) is 0 Å². The van der Waals surface area contributed by atoms with E-state index in [0.29, 0.717) is 0 Å². The van der Waals surface area contributed by atoms with Gasteiger partial charge in [-0.15, -0.1) is 0 Å². The summed E-state index contributed by atoms with van der Waals surface area (Å²) in [5.74, 6) is 0.0731. The molecule has 0 aliphatic rings. The number of H-pyrrole nitrogens is 1. The number of aromatic nitrogens is 1. The van der Waals surface area contributed by atoms with Crippen LogP contribution >= 0.6 is 0 Å². The highest BCUT2D eigenvalue weighted by Gasteiger charge is 2.17. The van der Waals surface area contributed by atoms with E-state index in [-0.39, 0.29) is 5.78 Å². The number of Topliss-reactive ketones (excluding diaryl/α,β-unsaturated/α-hetero) is 1. The highest BCUT2D eigenvalue weighted by molar-refractivity contribution is 6.06. The van der Waals surface area contributed by atoms with E-state index in [1.54, 1.807) is 6.92 Å². The van der Waals surface area contributed by atoms with Crippen LogP contribution in [0.15, 0.2) is 66.9 Å². The standard InChI is InChI=1S/C18H15NO/c1-13(20)17-16(14-8-4-2-5-9-14)12-19-18(17)15-10-6-3-7-11-15/h2-12,19H,1H3. The number of hydrogen-bond acceptors (Lipinski definition) is 1. The summed E-state index contributed by atoms with van der Waals surface area (Å²) in [7, 11) is 0. The van der Waals surface area contributed by atoms with Crippen molar-refractivity contribution in [1.29, 1.82) is 0 Å². The Morgan fingerprint density at radius 3 is 1.95 bits per heavy atom. The van der Waals surface area contributed by atoms with Gasteiger partial charge in [-0.1, -0.05) is 60.7 Å². The van der Waals surface area contributed by atoms with Crippen LogP contribution in [0, 0.1) is 0 Å². The van der Waals surface area contributed by atoms with Crippen LogP contribution < -0.4 is 0 Å². The Kier molecular flexibility index (Phi) is 3.21.